The third kappa shape index (κ3) is 2.94. The molecule has 1 atom stereocenters. The maximum Gasteiger partial charge on any atom is 0.326 e. The van der Waals surface area contributed by atoms with Gasteiger partial charge in [-0.3, -0.25) is 4.79 Å². The molecule has 0 bridgehead atoms. The van der Waals surface area contributed by atoms with Crippen molar-refractivity contribution in [2.24, 2.45) is 7.05 Å². The molecule has 0 aliphatic heterocycles. The van der Waals surface area contributed by atoms with Crippen LogP contribution < -0.4 is 5.32 Å². The summed E-state index contributed by atoms with van der Waals surface area (Å²) < 4.78 is 1.70. The van der Waals surface area contributed by atoms with Crippen LogP contribution in [0.15, 0.2) is 25.2 Å². The summed E-state index contributed by atoms with van der Waals surface area (Å²) in [5.41, 5.74) is 0.733. The summed E-state index contributed by atoms with van der Waals surface area (Å²) >= 11 is 0. The molecule has 86 valence electrons. The first-order valence-electron chi connectivity index (χ1n) is 4.65. The summed E-state index contributed by atoms with van der Waals surface area (Å²) in [6.07, 6.45) is 4.37. The molecular formula is C10H13N3O3. The lowest BCUT2D eigenvalue weighted by Gasteiger charge is -2.13. The van der Waals surface area contributed by atoms with Crippen molar-refractivity contribution in [3.63, 3.8) is 0 Å². The number of nitrogens with one attached hydrogen (secondary N) is 1. The van der Waals surface area contributed by atoms with Crippen LogP contribution in [0.5, 0.6) is 0 Å². The normalized spacial score (nSPS) is 11.8. The van der Waals surface area contributed by atoms with Crippen LogP contribution in [-0.2, 0) is 23.1 Å². The summed E-state index contributed by atoms with van der Waals surface area (Å²) in [5, 5.41) is 11.3. The number of hydrogen-bond donors (Lipinski definition) is 2. The fraction of sp³-hybridized carbons (Fsp3) is 0.300. The van der Waals surface area contributed by atoms with Crippen LogP contribution in [0.1, 0.15) is 5.69 Å². The van der Waals surface area contributed by atoms with Crippen LogP contribution in [0.25, 0.3) is 0 Å². The van der Waals surface area contributed by atoms with Crippen LogP contribution in [0.3, 0.4) is 0 Å². The second kappa shape index (κ2) is 5.11. The highest BCUT2D eigenvalue weighted by Gasteiger charge is 2.20. The number of nitrogens with zero attached hydrogens (tertiary/aromatic N) is 2. The van der Waals surface area contributed by atoms with E-state index in [1.807, 2.05) is 0 Å². The fourth-order valence-corrected chi connectivity index (χ4v) is 1.22. The Morgan fingerprint density at radius 3 is 2.88 bits per heavy atom. The third-order valence-corrected chi connectivity index (χ3v) is 2.13. The van der Waals surface area contributed by atoms with Gasteiger partial charge in [0.05, 0.1) is 6.33 Å². The van der Waals surface area contributed by atoms with Crippen LogP contribution in [0, 0.1) is 0 Å². The molecular weight excluding hydrogens is 210 g/mol. The number of aromatic nitrogens is 2. The summed E-state index contributed by atoms with van der Waals surface area (Å²) in [6, 6.07) is -0.971. The number of aryl methyl sites for hydroxylation is 1. The fourth-order valence-electron chi connectivity index (χ4n) is 1.22. The largest absolute Gasteiger partial charge is 0.480 e. The lowest BCUT2D eigenvalue weighted by molar-refractivity contribution is -0.141. The van der Waals surface area contributed by atoms with Crippen molar-refractivity contribution < 1.29 is 14.7 Å². The Bertz CT molecular complexity index is 411. The lowest BCUT2D eigenvalue weighted by Crippen LogP contribution is -2.41. The summed E-state index contributed by atoms with van der Waals surface area (Å²) in [6.45, 7) is 3.27. The monoisotopic (exact) mass is 223 g/mol. The van der Waals surface area contributed by atoms with Crippen molar-refractivity contribution >= 4 is 11.9 Å². The van der Waals surface area contributed by atoms with E-state index in [4.69, 9.17) is 5.11 Å². The topological polar surface area (TPSA) is 84.2 Å². The molecule has 0 fully saturated rings. The Labute approximate surface area is 92.6 Å². The van der Waals surface area contributed by atoms with E-state index >= 15 is 0 Å². The zero-order chi connectivity index (χ0) is 12.1. The van der Waals surface area contributed by atoms with Crippen molar-refractivity contribution in [1.29, 1.82) is 0 Å². The van der Waals surface area contributed by atoms with Gasteiger partial charge in [-0.05, 0) is 6.08 Å². The number of carbonyl (C=O) groups is 2. The molecule has 1 amide bonds. The maximum atomic E-state index is 11.0. The van der Waals surface area contributed by atoms with Crippen LogP contribution in [0.2, 0.25) is 0 Å². The van der Waals surface area contributed by atoms with Gasteiger partial charge < -0.3 is 15.0 Å². The smallest absolute Gasteiger partial charge is 0.326 e. The van der Waals surface area contributed by atoms with E-state index in [9.17, 15) is 9.59 Å². The van der Waals surface area contributed by atoms with Gasteiger partial charge in [0.15, 0.2) is 0 Å². The highest BCUT2D eigenvalue weighted by molar-refractivity contribution is 5.90. The zero-order valence-electron chi connectivity index (χ0n) is 8.88. The number of amides is 1. The van der Waals surface area contributed by atoms with E-state index in [1.54, 1.807) is 24.1 Å². The van der Waals surface area contributed by atoms with Gasteiger partial charge in [-0.2, -0.15) is 0 Å². The summed E-state index contributed by atoms with van der Waals surface area (Å²) in [5.74, 6) is -1.59. The molecule has 0 radical (unpaired) electrons. The molecule has 1 aromatic rings. The van der Waals surface area contributed by atoms with Crippen molar-refractivity contribution in [3.8, 4) is 0 Å². The molecule has 0 saturated carbocycles. The van der Waals surface area contributed by atoms with Crippen molar-refractivity contribution in [2.45, 2.75) is 12.5 Å². The van der Waals surface area contributed by atoms with Crippen molar-refractivity contribution in [2.75, 3.05) is 0 Å². The third-order valence-electron chi connectivity index (χ3n) is 2.13. The first-order chi connectivity index (χ1) is 7.54. The molecule has 0 aromatic carbocycles. The minimum absolute atomic E-state index is 0.186. The average Bonchev–Trinajstić information content (AvgIpc) is 2.63. The van der Waals surface area contributed by atoms with Crippen LogP contribution in [0.4, 0.5) is 0 Å². The van der Waals surface area contributed by atoms with Gasteiger partial charge in [0.1, 0.15) is 6.04 Å². The van der Waals surface area contributed by atoms with E-state index in [2.05, 4.69) is 16.9 Å². The average molecular weight is 223 g/mol. The highest BCUT2D eigenvalue weighted by Crippen LogP contribution is 2.02. The highest BCUT2D eigenvalue weighted by atomic mass is 16.4. The second-order valence-corrected chi connectivity index (χ2v) is 3.30. The molecule has 2 N–H and O–H groups in total. The number of imidazole rings is 1. The van der Waals surface area contributed by atoms with Crippen LogP contribution in [-0.4, -0.2) is 32.6 Å². The van der Waals surface area contributed by atoms with E-state index in [-0.39, 0.29) is 6.42 Å². The van der Waals surface area contributed by atoms with Crippen LogP contribution >= 0.6 is 0 Å². The summed E-state index contributed by atoms with van der Waals surface area (Å²) in [4.78, 5) is 25.8. The zero-order valence-corrected chi connectivity index (χ0v) is 8.88. The number of carboxylic acids is 1. The number of aliphatic carboxylic acids is 1. The molecule has 6 nitrogen and oxygen atoms in total. The van der Waals surface area contributed by atoms with Gasteiger partial charge in [-0.25, -0.2) is 9.78 Å². The van der Waals surface area contributed by atoms with Gasteiger partial charge in [0.2, 0.25) is 5.91 Å². The first-order valence-corrected chi connectivity index (χ1v) is 4.65. The molecule has 1 heterocycles. The standard InChI is InChI=1S/C10H13N3O3/c1-3-9(14)12-8(10(15)16)4-7-5-11-6-13(7)2/h3,5-6,8H,1,4H2,2H3,(H,12,14)(H,15,16)/t8-/m0/s1. The second-order valence-electron chi connectivity index (χ2n) is 3.30. The maximum absolute atomic E-state index is 11.0. The molecule has 0 aliphatic rings. The minimum Gasteiger partial charge on any atom is -0.480 e. The van der Waals surface area contributed by atoms with E-state index in [1.165, 1.54) is 0 Å². The van der Waals surface area contributed by atoms with Crippen molar-refractivity contribution in [1.82, 2.24) is 14.9 Å². The molecule has 1 rings (SSSR count). The van der Waals surface area contributed by atoms with E-state index in [0.29, 0.717) is 0 Å². The summed E-state index contributed by atoms with van der Waals surface area (Å²) in [7, 11) is 1.76. The predicted octanol–water partition coefficient (Wildman–Crippen LogP) is -0.282. The number of carbonyl (C=O) groups excluding carboxylic acids is 1. The molecule has 0 unspecified atom stereocenters. The SMILES string of the molecule is C=CC(=O)N[C@@H](Cc1cncn1C)C(=O)O. The Hall–Kier alpha value is -2.11. The van der Waals surface area contributed by atoms with Gasteiger partial charge in [0.25, 0.3) is 0 Å². The van der Waals surface area contributed by atoms with Gasteiger partial charge in [-0.15, -0.1) is 0 Å². The van der Waals surface area contributed by atoms with Gasteiger partial charge in [-0.1, -0.05) is 6.58 Å². The molecule has 0 spiro atoms. The van der Waals surface area contributed by atoms with Gasteiger partial charge in [0, 0.05) is 25.4 Å². The molecule has 16 heavy (non-hydrogen) atoms. The van der Waals surface area contributed by atoms with Crippen molar-refractivity contribution in [3.05, 3.63) is 30.9 Å². The predicted molar refractivity (Wildman–Crippen MR) is 56.7 cm³/mol. The Morgan fingerprint density at radius 1 is 1.75 bits per heavy atom. The first kappa shape index (κ1) is 12.0. The number of carboxylic acid groups (broad SMARTS) is 1. The Kier molecular flexibility index (Phi) is 3.82. The molecule has 6 heteroatoms. The lowest BCUT2D eigenvalue weighted by atomic mass is 10.1. The van der Waals surface area contributed by atoms with E-state index < -0.39 is 17.9 Å². The quantitative estimate of drug-likeness (QED) is 0.672. The Morgan fingerprint density at radius 2 is 2.44 bits per heavy atom. The number of hydrogen-bond acceptors (Lipinski definition) is 3. The number of rotatable bonds is 5. The van der Waals surface area contributed by atoms with Gasteiger partial charge >= 0.3 is 5.97 Å². The molecule has 0 aliphatic carbocycles. The van der Waals surface area contributed by atoms with E-state index in [0.717, 1.165) is 11.8 Å². The molecule has 1 aromatic heterocycles. The Balaban J connectivity index is 2.72. The molecule has 0 saturated heterocycles. The minimum atomic E-state index is -1.09.